The van der Waals surface area contributed by atoms with Crippen molar-refractivity contribution in [3.63, 3.8) is 0 Å². The van der Waals surface area contributed by atoms with Gasteiger partial charge in [-0.15, -0.1) is 0 Å². The van der Waals surface area contributed by atoms with Gasteiger partial charge in [0.2, 0.25) is 0 Å². The standard InChI is InChI=1S/C36H29ClN2O5S/c1-3-43-35(41)31-32(25-10-6-4-7-11-25)38-36-39(33(31)26-12-8-5-9-13-26)34(40)30(45-36)21-24-16-19-28(29(20-24)42-2)44-22-23-14-17-27(37)18-15-23/h4-21,33H,3,22H2,1-2H3/b30-21-/t33-/m0/s1. The average Bonchev–Trinajstić information content (AvgIpc) is 3.38. The summed E-state index contributed by atoms with van der Waals surface area (Å²) in [6, 6.07) is 31.2. The number of ether oxygens (including phenoxy) is 3. The molecule has 0 saturated carbocycles. The minimum atomic E-state index is -0.725. The van der Waals surface area contributed by atoms with Crippen molar-refractivity contribution in [3.8, 4) is 11.5 Å². The molecule has 0 fully saturated rings. The fourth-order valence-corrected chi connectivity index (χ4v) is 6.30. The molecule has 1 aliphatic heterocycles. The van der Waals surface area contributed by atoms with Crippen molar-refractivity contribution in [1.29, 1.82) is 0 Å². The Kier molecular flexibility index (Phi) is 8.96. The second-order valence-electron chi connectivity index (χ2n) is 10.2. The summed E-state index contributed by atoms with van der Waals surface area (Å²) in [5.41, 5.74) is 3.80. The van der Waals surface area contributed by atoms with E-state index in [1.807, 2.05) is 103 Å². The minimum absolute atomic E-state index is 0.192. The van der Waals surface area contributed by atoms with Gasteiger partial charge in [-0.25, -0.2) is 9.79 Å². The number of aromatic nitrogens is 1. The zero-order chi connectivity index (χ0) is 31.3. The molecule has 1 atom stereocenters. The van der Waals surface area contributed by atoms with Gasteiger partial charge in [-0.1, -0.05) is 102 Å². The maximum Gasteiger partial charge on any atom is 0.338 e. The van der Waals surface area contributed by atoms with E-state index in [1.54, 1.807) is 24.7 Å². The lowest BCUT2D eigenvalue weighted by Gasteiger charge is -2.25. The van der Waals surface area contributed by atoms with Crippen LogP contribution in [0.15, 0.2) is 118 Å². The first-order chi connectivity index (χ1) is 22.0. The third kappa shape index (κ3) is 6.34. The monoisotopic (exact) mass is 636 g/mol. The van der Waals surface area contributed by atoms with Crippen molar-refractivity contribution in [2.75, 3.05) is 13.7 Å². The van der Waals surface area contributed by atoms with Gasteiger partial charge < -0.3 is 14.2 Å². The fourth-order valence-electron chi connectivity index (χ4n) is 5.18. The lowest BCUT2D eigenvalue weighted by Crippen LogP contribution is -2.39. The van der Waals surface area contributed by atoms with E-state index in [4.69, 9.17) is 30.8 Å². The predicted molar refractivity (Wildman–Crippen MR) is 176 cm³/mol. The molecule has 0 amide bonds. The highest BCUT2D eigenvalue weighted by atomic mass is 35.5. The normalized spacial score (nSPS) is 14.5. The van der Waals surface area contributed by atoms with Crippen molar-refractivity contribution in [2.45, 2.75) is 19.6 Å². The molecule has 7 nitrogen and oxygen atoms in total. The van der Waals surface area contributed by atoms with Gasteiger partial charge in [0, 0.05) is 10.6 Å². The Bertz CT molecular complexity index is 2050. The Morgan fingerprint density at radius 3 is 2.36 bits per heavy atom. The average molecular weight is 637 g/mol. The number of hydrogen-bond donors (Lipinski definition) is 0. The van der Waals surface area contributed by atoms with Gasteiger partial charge in [0.25, 0.3) is 5.56 Å². The van der Waals surface area contributed by atoms with Crippen molar-refractivity contribution in [3.05, 3.63) is 156 Å². The van der Waals surface area contributed by atoms with Crippen LogP contribution in [0.4, 0.5) is 0 Å². The second-order valence-corrected chi connectivity index (χ2v) is 11.6. The van der Waals surface area contributed by atoms with E-state index in [0.29, 0.717) is 43.7 Å². The number of esters is 1. The molecule has 45 heavy (non-hydrogen) atoms. The maximum absolute atomic E-state index is 14.1. The Labute approximate surface area is 268 Å². The number of carbonyl (C=O) groups excluding carboxylic acids is 1. The second kappa shape index (κ2) is 13.4. The third-order valence-corrected chi connectivity index (χ3v) is 8.52. The Balaban J connectivity index is 1.45. The molecule has 4 aromatic carbocycles. The first-order valence-electron chi connectivity index (χ1n) is 14.4. The lowest BCUT2D eigenvalue weighted by molar-refractivity contribution is -0.138. The molecule has 226 valence electrons. The number of thiazole rings is 1. The molecule has 2 heterocycles. The number of rotatable bonds is 9. The van der Waals surface area contributed by atoms with Crippen LogP contribution in [0.25, 0.3) is 11.8 Å². The van der Waals surface area contributed by atoms with Crippen LogP contribution in [0.3, 0.4) is 0 Å². The molecule has 0 bridgehead atoms. The van der Waals surface area contributed by atoms with Gasteiger partial charge in [0.15, 0.2) is 16.3 Å². The molecule has 9 heteroatoms. The van der Waals surface area contributed by atoms with Crippen LogP contribution < -0.4 is 24.4 Å². The Morgan fingerprint density at radius 1 is 0.956 bits per heavy atom. The highest BCUT2D eigenvalue weighted by Gasteiger charge is 2.35. The summed E-state index contributed by atoms with van der Waals surface area (Å²) >= 11 is 7.26. The number of nitrogens with zero attached hydrogens (tertiary/aromatic N) is 2. The minimum Gasteiger partial charge on any atom is -0.493 e. The van der Waals surface area contributed by atoms with Crippen molar-refractivity contribution >= 4 is 40.7 Å². The van der Waals surface area contributed by atoms with E-state index in [-0.39, 0.29) is 12.2 Å². The molecule has 0 aliphatic carbocycles. The molecule has 0 N–H and O–H groups in total. The predicted octanol–water partition coefficient (Wildman–Crippen LogP) is 6.18. The smallest absolute Gasteiger partial charge is 0.338 e. The lowest BCUT2D eigenvalue weighted by atomic mass is 9.93. The molecule has 6 rings (SSSR count). The van der Waals surface area contributed by atoms with Crippen molar-refractivity contribution < 1.29 is 19.0 Å². The molecule has 0 saturated heterocycles. The summed E-state index contributed by atoms with van der Waals surface area (Å²) in [6.07, 6.45) is 1.80. The number of fused-ring (bicyclic) bond motifs is 1. The van der Waals surface area contributed by atoms with E-state index < -0.39 is 12.0 Å². The van der Waals surface area contributed by atoms with Crippen molar-refractivity contribution in [1.82, 2.24) is 4.57 Å². The van der Waals surface area contributed by atoms with Gasteiger partial charge in [-0.05, 0) is 54.0 Å². The molecule has 0 spiro atoms. The molecule has 1 aliphatic rings. The van der Waals surface area contributed by atoms with Crippen LogP contribution in [0.2, 0.25) is 5.02 Å². The summed E-state index contributed by atoms with van der Waals surface area (Å²) in [5.74, 6) is 0.590. The highest BCUT2D eigenvalue weighted by Crippen LogP contribution is 2.35. The number of carbonyl (C=O) groups is 1. The Morgan fingerprint density at radius 2 is 1.67 bits per heavy atom. The zero-order valence-corrected chi connectivity index (χ0v) is 26.2. The molecular weight excluding hydrogens is 608 g/mol. The number of methoxy groups -OCH3 is 1. The van der Waals surface area contributed by atoms with E-state index >= 15 is 0 Å². The maximum atomic E-state index is 14.1. The van der Waals surface area contributed by atoms with Gasteiger partial charge in [-0.3, -0.25) is 9.36 Å². The summed E-state index contributed by atoms with van der Waals surface area (Å²) in [5, 5.41) is 0.662. The highest BCUT2D eigenvalue weighted by molar-refractivity contribution is 7.07. The molecule has 0 unspecified atom stereocenters. The molecule has 0 radical (unpaired) electrons. The van der Waals surface area contributed by atoms with Crippen LogP contribution in [0.5, 0.6) is 11.5 Å². The summed E-state index contributed by atoms with van der Waals surface area (Å²) in [4.78, 5) is 33.1. The third-order valence-electron chi connectivity index (χ3n) is 7.28. The van der Waals surface area contributed by atoms with Gasteiger partial charge in [0.1, 0.15) is 6.61 Å². The topological polar surface area (TPSA) is 79.1 Å². The quantitative estimate of drug-likeness (QED) is 0.181. The molecular formula is C36H29ClN2O5S. The Hall–Kier alpha value is -4.92. The van der Waals surface area contributed by atoms with Crippen LogP contribution >= 0.6 is 22.9 Å². The first kappa shape index (κ1) is 30.1. The number of halogens is 1. The molecule has 5 aromatic rings. The number of hydrogen-bond acceptors (Lipinski definition) is 7. The van der Waals surface area contributed by atoms with Gasteiger partial charge in [0.05, 0.1) is 35.6 Å². The van der Waals surface area contributed by atoms with E-state index in [1.165, 1.54) is 11.3 Å². The van der Waals surface area contributed by atoms with E-state index in [9.17, 15) is 9.59 Å². The summed E-state index contributed by atoms with van der Waals surface area (Å²) < 4.78 is 19.2. The van der Waals surface area contributed by atoms with Crippen molar-refractivity contribution in [2.24, 2.45) is 4.99 Å². The van der Waals surface area contributed by atoms with Crippen LogP contribution in [0, 0.1) is 0 Å². The summed E-state index contributed by atoms with van der Waals surface area (Å²) in [7, 11) is 1.57. The van der Waals surface area contributed by atoms with Gasteiger partial charge >= 0.3 is 5.97 Å². The molecule has 1 aromatic heterocycles. The van der Waals surface area contributed by atoms with Crippen LogP contribution in [0.1, 0.15) is 35.2 Å². The number of benzene rings is 4. The zero-order valence-electron chi connectivity index (χ0n) is 24.6. The van der Waals surface area contributed by atoms with Crippen LogP contribution in [-0.4, -0.2) is 24.3 Å². The van der Waals surface area contributed by atoms with E-state index in [2.05, 4.69) is 0 Å². The van der Waals surface area contributed by atoms with E-state index in [0.717, 1.165) is 22.3 Å². The largest absolute Gasteiger partial charge is 0.493 e. The summed E-state index contributed by atoms with van der Waals surface area (Å²) in [6.45, 7) is 2.30. The first-order valence-corrected chi connectivity index (χ1v) is 15.5. The fraction of sp³-hybridized carbons (Fsp3) is 0.139. The van der Waals surface area contributed by atoms with Gasteiger partial charge in [-0.2, -0.15) is 0 Å². The van der Waals surface area contributed by atoms with Crippen LogP contribution in [-0.2, 0) is 16.1 Å². The SMILES string of the molecule is CCOC(=O)C1=C(c2ccccc2)N=c2s/c(=C\c3ccc(OCc4ccc(Cl)cc4)c(OC)c3)c(=O)n2[C@H]1c1ccccc1.